The van der Waals surface area contributed by atoms with Crippen molar-refractivity contribution in [3.8, 4) is 0 Å². The quantitative estimate of drug-likeness (QED) is 0.900. The van der Waals surface area contributed by atoms with Gasteiger partial charge in [0.25, 0.3) is 11.5 Å². The van der Waals surface area contributed by atoms with E-state index in [4.69, 9.17) is 0 Å². The highest BCUT2D eigenvalue weighted by atomic mass is 16.2. The van der Waals surface area contributed by atoms with E-state index in [-0.39, 0.29) is 22.9 Å². The number of H-pyrrole nitrogens is 1. The molecule has 0 saturated carbocycles. The molecule has 0 radical (unpaired) electrons. The minimum Gasteiger partial charge on any atom is -0.373 e. The van der Waals surface area contributed by atoms with Crippen molar-refractivity contribution in [3.05, 3.63) is 57.1 Å². The second kappa shape index (κ2) is 7.09. The zero-order valence-corrected chi connectivity index (χ0v) is 14.9. The van der Waals surface area contributed by atoms with Gasteiger partial charge in [0.2, 0.25) is 0 Å². The van der Waals surface area contributed by atoms with E-state index in [0.717, 1.165) is 29.9 Å². The summed E-state index contributed by atoms with van der Waals surface area (Å²) in [5, 5.41) is 3.05. The average molecular weight is 340 g/mol. The van der Waals surface area contributed by atoms with Crippen LogP contribution in [0.15, 0.2) is 29.2 Å². The molecule has 1 saturated heterocycles. The number of pyridine rings is 2. The molecule has 2 aromatic heterocycles. The number of anilines is 1. The molecule has 132 valence electrons. The van der Waals surface area contributed by atoms with Crippen molar-refractivity contribution in [3.63, 3.8) is 0 Å². The standard InChI is InChI=1S/C19H24N4O2/c1-12-9-16(18(24)22-13(12)2)19(25)23-8-4-5-15(11-23)14-6-7-21-17(10-14)20-3/h6-7,9-10,15H,4-5,8,11H2,1-3H3,(H,20,21)(H,22,24)/t15-/m1/s1. The predicted molar refractivity (Wildman–Crippen MR) is 98.2 cm³/mol. The van der Waals surface area contributed by atoms with Crippen LogP contribution in [0.4, 0.5) is 5.82 Å². The molecule has 1 fully saturated rings. The van der Waals surface area contributed by atoms with Gasteiger partial charge < -0.3 is 15.2 Å². The zero-order chi connectivity index (χ0) is 18.0. The Bertz CT molecular complexity index is 844. The normalized spacial score (nSPS) is 17.4. The molecule has 1 atom stereocenters. The summed E-state index contributed by atoms with van der Waals surface area (Å²) in [5.74, 6) is 0.905. The number of hydrogen-bond acceptors (Lipinski definition) is 4. The van der Waals surface area contributed by atoms with E-state index in [1.165, 1.54) is 5.56 Å². The molecule has 0 aliphatic carbocycles. The fourth-order valence-corrected chi connectivity index (χ4v) is 3.33. The lowest BCUT2D eigenvalue weighted by Crippen LogP contribution is -2.41. The van der Waals surface area contributed by atoms with Crippen LogP contribution in [0.5, 0.6) is 0 Å². The first kappa shape index (κ1) is 17.2. The summed E-state index contributed by atoms with van der Waals surface area (Å²) < 4.78 is 0. The highest BCUT2D eigenvalue weighted by Gasteiger charge is 2.27. The molecule has 3 heterocycles. The Labute approximate surface area is 147 Å². The van der Waals surface area contributed by atoms with E-state index in [1.54, 1.807) is 17.2 Å². The van der Waals surface area contributed by atoms with Crippen molar-refractivity contribution in [1.82, 2.24) is 14.9 Å². The number of rotatable bonds is 3. The van der Waals surface area contributed by atoms with Gasteiger partial charge >= 0.3 is 0 Å². The number of hydrogen-bond donors (Lipinski definition) is 2. The van der Waals surface area contributed by atoms with Gasteiger partial charge in [-0.15, -0.1) is 0 Å². The van der Waals surface area contributed by atoms with Crippen LogP contribution in [0.3, 0.4) is 0 Å². The maximum atomic E-state index is 12.9. The number of nitrogens with zero attached hydrogens (tertiary/aromatic N) is 2. The number of likely N-dealkylation sites (tertiary alicyclic amines) is 1. The lowest BCUT2D eigenvalue weighted by molar-refractivity contribution is 0.0705. The number of piperidine rings is 1. The third-order valence-electron chi connectivity index (χ3n) is 4.95. The van der Waals surface area contributed by atoms with Crippen molar-refractivity contribution in [1.29, 1.82) is 0 Å². The van der Waals surface area contributed by atoms with E-state index in [2.05, 4.69) is 15.3 Å². The maximum Gasteiger partial charge on any atom is 0.261 e. The number of amides is 1. The molecular weight excluding hydrogens is 316 g/mol. The Kier molecular flexibility index (Phi) is 4.88. The molecule has 1 aliphatic heterocycles. The fourth-order valence-electron chi connectivity index (χ4n) is 3.33. The number of aryl methyl sites for hydroxylation is 2. The van der Waals surface area contributed by atoms with Gasteiger partial charge in [-0.1, -0.05) is 0 Å². The van der Waals surface area contributed by atoms with Crippen LogP contribution in [0.1, 0.15) is 45.9 Å². The van der Waals surface area contributed by atoms with E-state index in [1.807, 2.05) is 33.0 Å². The van der Waals surface area contributed by atoms with Crippen LogP contribution < -0.4 is 10.9 Å². The molecule has 25 heavy (non-hydrogen) atoms. The average Bonchev–Trinajstić information content (AvgIpc) is 2.64. The number of aromatic nitrogens is 2. The van der Waals surface area contributed by atoms with E-state index in [9.17, 15) is 9.59 Å². The van der Waals surface area contributed by atoms with E-state index in [0.29, 0.717) is 13.1 Å². The second-order valence-electron chi connectivity index (χ2n) is 6.63. The highest BCUT2D eigenvalue weighted by molar-refractivity contribution is 5.94. The van der Waals surface area contributed by atoms with Gasteiger partial charge in [0.05, 0.1) is 0 Å². The summed E-state index contributed by atoms with van der Waals surface area (Å²) >= 11 is 0. The highest BCUT2D eigenvalue weighted by Crippen LogP contribution is 2.28. The minimum atomic E-state index is -0.309. The Morgan fingerprint density at radius 1 is 1.36 bits per heavy atom. The van der Waals surface area contributed by atoms with Crippen molar-refractivity contribution in [2.24, 2.45) is 0 Å². The first-order chi connectivity index (χ1) is 12.0. The first-order valence-electron chi connectivity index (χ1n) is 8.63. The predicted octanol–water partition coefficient (Wildman–Crippen LogP) is 2.45. The summed E-state index contributed by atoms with van der Waals surface area (Å²) in [5.41, 5.74) is 2.82. The van der Waals surface area contributed by atoms with Crippen molar-refractivity contribution >= 4 is 11.7 Å². The van der Waals surface area contributed by atoms with Crippen LogP contribution in [-0.2, 0) is 0 Å². The number of carbonyl (C=O) groups excluding carboxylic acids is 1. The van der Waals surface area contributed by atoms with Gasteiger partial charge in [0, 0.05) is 37.9 Å². The van der Waals surface area contributed by atoms with Gasteiger partial charge in [-0.3, -0.25) is 9.59 Å². The number of carbonyl (C=O) groups is 1. The van der Waals surface area contributed by atoms with Crippen LogP contribution >= 0.6 is 0 Å². The third kappa shape index (κ3) is 3.57. The van der Waals surface area contributed by atoms with E-state index >= 15 is 0 Å². The van der Waals surface area contributed by atoms with Crippen LogP contribution in [0, 0.1) is 13.8 Å². The van der Waals surface area contributed by atoms with Crippen LogP contribution in [0.25, 0.3) is 0 Å². The Hall–Kier alpha value is -2.63. The van der Waals surface area contributed by atoms with E-state index < -0.39 is 0 Å². The SMILES string of the molecule is CNc1cc([C@@H]2CCCN(C(=O)c3cc(C)c(C)[nH]c3=O)C2)ccn1. The van der Waals surface area contributed by atoms with Gasteiger partial charge in [0.15, 0.2) is 0 Å². The molecule has 0 spiro atoms. The number of aromatic amines is 1. The summed E-state index contributed by atoms with van der Waals surface area (Å²) in [6.45, 7) is 5.05. The van der Waals surface area contributed by atoms with Gasteiger partial charge in [-0.05, 0) is 56.0 Å². The molecule has 2 N–H and O–H groups in total. The molecule has 0 bridgehead atoms. The van der Waals surface area contributed by atoms with Gasteiger partial charge in [0.1, 0.15) is 11.4 Å². The summed E-state index contributed by atoms with van der Waals surface area (Å²) in [6.07, 6.45) is 3.74. The van der Waals surface area contributed by atoms with Crippen molar-refractivity contribution in [2.75, 3.05) is 25.5 Å². The topological polar surface area (TPSA) is 78.1 Å². The lowest BCUT2D eigenvalue weighted by Gasteiger charge is -2.33. The largest absolute Gasteiger partial charge is 0.373 e. The lowest BCUT2D eigenvalue weighted by atomic mass is 9.91. The van der Waals surface area contributed by atoms with Crippen LogP contribution in [0.2, 0.25) is 0 Å². The fraction of sp³-hybridized carbons (Fsp3) is 0.421. The minimum absolute atomic E-state index is 0.183. The monoisotopic (exact) mass is 340 g/mol. The molecule has 6 nitrogen and oxygen atoms in total. The molecular formula is C19H24N4O2. The second-order valence-corrected chi connectivity index (χ2v) is 6.63. The van der Waals surface area contributed by atoms with Crippen LogP contribution in [-0.4, -0.2) is 40.9 Å². The third-order valence-corrected chi connectivity index (χ3v) is 4.95. The molecule has 1 amide bonds. The molecule has 6 heteroatoms. The summed E-state index contributed by atoms with van der Waals surface area (Å²) in [6, 6.07) is 5.73. The van der Waals surface area contributed by atoms with Gasteiger partial charge in [-0.25, -0.2) is 4.98 Å². The Morgan fingerprint density at radius 3 is 2.92 bits per heavy atom. The molecule has 0 aromatic carbocycles. The number of nitrogens with one attached hydrogen (secondary N) is 2. The summed E-state index contributed by atoms with van der Waals surface area (Å²) in [7, 11) is 1.84. The molecule has 0 unspecified atom stereocenters. The maximum absolute atomic E-state index is 12.9. The smallest absolute Gasteiger partial charge is 0.261 e. The van der Waals surface area contributed by atoms with Crippen molar-refractivity contribution < 1.29 is 4.79 Å². The van der Waals surface area contributed by atoms with Crippen molar-refractivity contribution in [2.45, 2.75) is 32.6 Å². The Morgan fingerprint density at radius 2 is 2.16 bits per heavy atom. The molecule has 3 rings (SSSR count). The van der Waals surface area contributed by atoms with Gasteiger partial charge in [-0.2, -0.15) is 0 Å². The Balaban J connectivity index is 1.82. The molecule has 1 aliphatic rings. The zero-order valence-electron chi connectivity index (χ0n) is 14.9. The summed E-state index contributed by atoms with van der Waals surface area (Å²) in [4.78, 5) is 33.9. The first-order valence-corrected chi connectivity index (χ1v) is 8.63. The molecule has 2 aromatic rings.